The molecule has 0 saturated carbocycles. The van der Waals surface area contributed by atoms with Crippen molar-refractivity contribution in [1.82, 2.24) is 9.97 Å². The maximum Gasteiger partial charge on any atom is 0.259 e. The molecule has 0 bridgehead atoms. The molecule has 5 nitrogen and oxygen atoms in total. The van der Waals surface area contributed by atoms with Crippen LogP contribution in [-0.4, -0.2) is 16.5 Å². The summed E-state index contributed by atoms with van der Waals surface area (Å²) in [5, 5.41) is 4.80. The SMILES string of the molecule is CC.CC.CC(C)(CN)Cc1cc2cc[nH]c(=O)c2c(NC2=CCCC=C2)n1. The first-order valence-electron chi connectivity index (χ1n) is 10.3. The van der Waals surface area contributed by atoms with Crippen molar-refractivity contribution in [2.45, 2.75) is 60.8 Å². The number of aromatic amines is 1. The molecule has 1 aliphatic carbocycles. The molecule has 1 aliphatic rings. The van der Waals surface area contributed by atoms with Crippen LogP contribution in [0, 0.1) is 5.41 Å². The van der Waals surface area contributed by atoms with Gasteiger partial charge in [0.15, 0.2) is 0 Å². The molecule has 3 rings (SSSR count). The molecule has 28 heavy (non-hydrogen) atoms. The number of hydrogen-bond donors (Lipinski definition) is 3. The van der Waals surface area contributed by atoms with Crippen molar-refractivity contribution < 1.29 is 0 Å². The van der Waals surface area contributed by atoms with Crippen LogP contribution in [0.3, 0.4) is 0 Å². The second kappa shape index (κ2) is 11.4. The van der Waals surface area contributed by atoms with E-state index in [2.05, 4.69) is 36.3 Å². The first-order chi connectivity index (χ1) is 13.5. The largest absolute Gasteiger partial charge is 0.340 e. The summed E-state index contributed by atoms with van der Waals surface area (Å²) >= 11 is 0. The molecule has 0 aromatic carbocycles. The van der Waals surface area contributed by atoms with Gasteiger partial charge in [-0.2, -0.15) is 0 Å². The minimum absolute atomic E-state index is 0.0385. The summed E-state index contributed by atoms with van der Waals surface area (Å²) in [4.78, 5) is 19.8. The van der Waals surface area contributed by atoms with E-state index in [9.17, 15) is 4.79 Å². The van der Waals surface area contributed by atoms with Gasteiger partial charge in [0.2, 0.25) is 0 Å². The number of pyridine rings is 2. The lowest BCUT2D eigenvalue weighted by Crippen LogP contribution is -2.26. The Morgan fingerprint density at radius 1 is 1.21 bits per heavy atom. The van der Waals surface area contributed by atoms with Crippen molar-refractivity contribution in [3.8, 4) is 0 Å². The fourth-order valence-electron chi connectivity index (χ4n) is 2.86. The molecular weight excluding hydrogens is 348 g/mol. The number of nitrogens with one attached hydrogen (secondary N) is 2. The normalized spacial score (nSPS) is 13.0. The molecule has 154 valence electrons. The van der Waals surface area contributed by atoms with E-state index in [1.54, 1.807) is 6.20 Å². The number of nitrogens with zero attached hydrogens (tertiary/aromatic N) is 1. The van der Waals surface area contributed by atoms with Crippen LogP contribution in [0.4, 0.5) is 5.82 Å². The topological polar surface area (TPSA) is 83.8 Å². The Bertz CT molecular complexity index is 863. The quantitative estimate of drug-likeness (QED) is 0.666. The summed E-state index contributed by atoms with van der Waals surface area (Å²) in [5.41, 5.74) is 7.61. The van der Waals surface area contributed by atoms with Gasteiger partial charge in [-0.25, -0.2) is 4.98 Å². The maximum atomic E-state index is 12.3. The van der Waals surface area contributed by atoms with Crippen LogP contribution in [0.25, 0.3) is 10.8 Å². The fourth-order valence-corrected chi connectivity index (χ4v) is 2.86. The second-order valence-corrected chi connectivity index (χ2v) is 7.04. The van der Waals surface area contributed by atoms with Crippen molar-refractivity contribution >= 4 is 16.6 Å². The van der Waals surface area contributed by atoms with Gasteiger partial charge in [0.1, 0.15) is 5.82 Å². The minimum Gasteiger partial charge on any atom is -0.340 e. The van der Waals surface area contributed by atoms with Crippen LogP contribution < -0.4 is 16.6 Å². The average Bonchev–Trinajstić information content (AvgIpc) is 2.71. The summed E-state index contributed by atoms with van der Waals surface area (Å²) in [7, 11) is 0. The summed E-state index contributed by atoms with van der Waals surface area (Å²) < 4.78 is 0. The number of allylic oxidation sites excluding steroid dienone is 3. The van der Waals surface area contributed by atoms with E-state index in [0.717, 1.165) is 36.0 Å². The lowest BCUT2D eigenvalue weighted by molar-refractivity contribution is 0.373. The van der Waals surface area contributed by atoms with Crippen LogP contribution in [0.15, 0.2) is 47.0 Å². The highest BCUT2D eigenvalue weighted by atomic mass is 16.1. The number of anilines is 1. The predicted molar refractivity (Wildman–Crippen MR) is 122 cm³/mol. The lowest BCUT2D eigenvalue weighted by Gasteiger charge is -2.22. The maximum absolute atomic E-state index is 12.3. The third kappa shape index (κ3) is 6.34. The Morgan fingerprint density at radius 2 is 1.93 bits per heavy atom. The number of hydrogen-bond acceptors (Lipinski definition) is 4. The number of aromatic nitrogens is 2. The van der Waals surface area contributed by atoms with Crippen LogP contribution >= 0.6 is 0 Å². The Kier molecular flexibility index (Phi) is 9.66. The number of H-pyrrole nitrogens is 1. The highest BCUT2D eigenvalue weighted by Crippen LogP contribution is 2.26. The molecule has 0 saturated heterocycles. The summed E-state index contributed by atoms with van der Waals surface area (Å²) in [6, 6.07) is 3.89. The van der Waals surface area contributed by atoms with Gasteiger partial charge in [0, 0.05) is 17.6 Å². The number of fused-ring (bicyclic) bond motifs is 1. The van der Waals surface area contributed by atoms with Crippen LogP contribution in [0.5, 0.6) is 0 Å². The van der Waals surface area contributed by atoms with Gasteiger partial charge >= 0.3 is 0 Å². The molecular formula is C23H36N4O. The molecule has 4 N–H and O–H groups in total. The van der Waals surface area contributed by atoms with Gasteiger partial charge in [-0.1, -0.05) is 53.7 Å². The van der Waals surface area contributed by atoms with Gasteiger partial charge in [0.25, 0.3) is 5.56 Å². The Morgan fingerprint density at radius 3 is 2.54 bits per heavy atom. The van der Waals surface area contributed by atoms with Crippen molar-refractivity contribution in [2.75, 3.05) is 11.9 Å². The van der Waals surface area contributed by atoms with E-state index in [0.29, 0.717) is 17.7 Å². The second-order valence-electron chi connectivity index (χ2n) is 7.04. The minimum atomic E-state index is -0.132. The summed E-state index contributed by atoms with van der Waals surface area (Å²) in [6.45, 7) is 12.8. The molecule has 0 unspecified atom stereocenters. The number of rotatable bonds is 5. The molecule has 2 aromatic rings. The molecule has 0 aliphatic heterocycles. The first-order valence-corrected chi connectivity index (χ1v) is 10.3. The first kappa shape index (κ1) is 23.6. The number of nitrogens with two attached hydrogens (primary N) is 1. The zero-order valence-electron chi connectivity index (χ0n) is 18.2. The van der Waals surface area contributed by atoms with E-state index in [1.807, 2.05) is 45.9 Å². The lowest BCUT2D eigenvalue weighted by atomic mass is 9.87. The van der Waals surface area contributed by atoms with Crippen molar-refractivity contribution in [3.63, 3.8) is 0 Å². The Balaban J connectivity index is 0.000000921. The van der Waals surface area contributed by atoms with Gasteiger partial charge < -0.3 is 16.0 Å². The van der Waals surface area contributed by atoms with Crippen LogP contribution in [0.2, 0.25) is 0 Å². The summed E-state index contributed by atoms with van der Waals surface area (Å²) in [5.74, 6) is 0.606. The van der Waals surface area contributed by atoms with Crippen molar-refractivity contribution in [1.29, 1.82) is 0 Å². The average molecular weight is 385 g/mol. The zero-order valence-corrected chi connectivity index (χ0v) is 18.2. The highest BCUT2D eigenvalue weighted by molar-refractivity contribution is 5.92. The molecule has 2 aromatic heterocycles. The van der Waals surface area contributed by atoms with Gasteiger partial charge in [0.05, 0.1) is 5.39 Å². The molecule has 2 heterocycles. The van der Waals surface area contributed by atoms with Gasteiger partial charge in [-0.05, 0) is 54.8 Å². The molecule has 5 heteroatoms. The van der Waals surface area contributed by atoms with E-state index >= 15 is 0 Å². The van der Waals surface area contributed by atoms with E-state index < -0.39 is 0 Å². The van der Waals surface area contributed by atoms with E-state index in [-0.39, 0.29) is 11.0 Å². The van der Waals surface area contributed by atoms with Crippen molar-refractivity contribution in [3.05, 3.63) is 58.3 Å². The van der Waals surface area contributed by atoms with E-state index in [1.165, 1.54) is 0 Å². The van der Waals surface area contributed by atoms with Crippen LogP contribution in [0.1, 0.15) is 60.1 Å². The van der Waals surface area contributed by atoms with Gasteiger partial charge in [-0.3, -0.25) is 4.79 Å². The highest BCUT2D eigenvalue weighted by Gasteiger charge is 2.19. The standard InChI is InChI=1S/C19H24N4O.2C2H6/c1-19(2,12-20)11-15-10-13-8-9-21-18(24)16(13)17(23-15)22-14-6-4-3-5-7-14;2*1-2/h4,6-10H,3,5,11-12,20H2,1-2H3,(H,21,24)(H,22,23);2*1-2H3. The van der Waals surface area contributed by atoms with Gasteiger partial charge in [-0.15, -0.1) is 0 Å². The van der Waals surface area contributed by atoms with Crippen molar-refractivity contribution in [2.24, 2.45) is 11.1 Å². The fraction of sp³-hybridized carbons (Fsp3) is 0.478. The molecule has 0 radical (unpaired) electrons. The third-order valence-corrected chi connectivity index (χ3v) is 4.28. The molecule has 0 spiro atoms. The van der Waals surface area contributed by atoms with E-state index in [4.69, 9.17) is 10.7 Å². The Labute approximate surface area is 169 Å². The molecule has 0 atom stereocenters. The zero-order chi connectivity index (χ0) is 21.2. The van der Waals surface area contributed by atoms with Crippen LogP contribution in [-0.2, 0) is 6.42 Å². The molecule has 0 amide bonds. The molecule has 0 fully saturated rings. The summed E-state index contributed by atoms with van der Waals surface area (Å²) in [6.07, 6.45) is 10.8. The predicted octanol–water partition coefficient (Wildman–Crippen LogP) is 5.15. The smallest absolute Gasteiger partial charge is 0.259 e. The Hall–Kier alpha value is -2.40. The monoisotopic (exact) mass is 384 g/mol. The third-order valence-electron chi connectivity index (χ3n) is 4.28.